The number of para-hydroxylation sites is 1. The molecule has 0 bridgehead atoms. The Kier molecular flexibility index (Phi) is 8.30. The molecule has 1 N–H and O–H groups in total. The summed E-state index contributed by atoms with van der Waals surface area (Å²) in [5, 5.41) is 9.68. The second kappa shape index (κ2) is 9.48. The maximum absolute atomic E-state index is 9.68. The Balaban J connectivity index is 0.000000550. The van der Waals surface area contributed by atoms with Gasteiger partial charge in [-0.25, -0.2) is 0 Å². The first kappa shape index (κ1) is 16.6. The van der Waals surface area contributed by atoms with Crippen LogP contribution in [0.3, 0.4) is 0 Å². The molecule has 0 amide bonds. The standard InChI is InChI=1S/C14H13NO.2BrH.Ti/c1-11-7-8-12(14(16)9-11)10-15-13-5-3-2-4-6-13;;;/h2-10,16H,1H3;2*1H;/q;;;+2/p-2. The van der Waals surface area contributed by atoms with E-state index in [0.717, 1.165) is 16.8 Å². The predicted octanol–water partition coefficient (Wildman–Crippen LogP) is 5.14. The van der Waals surface area contributed by atoms with Crippen LogP contribution < -0.4 is 0 Å². The fraction of sp³-hybridized carbons (Fsp3) is 0.0714. The molecule has 0 saturated heterocycles. The molecule has 0 saturated carbocycles. The number of aryl methyl sites for hydroxylation is 1. The summed E-state index contributed by atoms with van der Waals surface area (Å²) < 4.78 is 0. The van der Waals surface area contributed by atoms with E-state index in [1.165, 1.54) is 0 Å². The molecule has 0 heterocycles. The third-order valence-corrected chi connectivity index (χ3v) is 2.29. The number of aliphatic imine (C=N–C) groups is 1. The van der Waals surface area contributed by atoms with Crippen LogP contribution in [0, 0.1) is 6.92 Å². The van der Waals surface area contributed by atoms with Crippen molar-refractivity contribution in [2.75, 3.05) is 0 Å². The first-order valence-corrected chi connectivity index (χ1v) is 13.2. The zero-order valence-electron chi connectivity index (χ0n) is 10.3. The van der Waals surface area contributed by atoms with Crippen molar-refractivity contribution in [3.8, 4) is 5.75 Å². The Morgan fingerprint density at radius 1 is 1.11 bits per heavy atom. The van der Waals surface area contributed by atoms with Crippen molar-refractivity contribution in [3.63, 3.8) is 0 Å². The summed E-state index contributed by atoms with van der Waals surface area (Å²) in [4.78, 5) is 4.28. The number of rotatable bonds is 2. The zero-order chi connectivity index (χ0) is 14.1. The Labute approximate surface area is 135 Å². The molecule has 98 valence electrons. The van der Waals surface area contributed by atoms with Crippen LogP contribution in [0.15, 0.2) is 53.5 Å². The molecule has 0 fully saturated rings. The molecular weight excluding hydrogens is 406 g/mol. The van der Waals surface area contributed by atoms with Gasteiger partial charge in [0.25, 0.3) is 0 Å². The monoisotopic (exact) mass is 417 g/mol. The number of hydrogen-bond donors (Lipinski definition) is 1. The van der Waals surface area contributed by atoms with Crippen LogP contribution in [0.5, 0.6) is 5.75 Å². The summed E-state index contributed by atoms with van der Waals surface area (Å²) in [5.41, 5.74) is 2.64. The predicted molar refractivity (Wildman–Crippen MR) is 84.4 cm³/mol. The molecule has 19 heavy (non-hydrogen) atoms. The molecule has 5 heteroatoms. The number of benzene rings is 2. The SMILES string of the molecule is Cc1ccc(C=Nc2ccccc2)c(O)c1.[Br][Ti][Br]. The second-order valence-corrected chi connectivity index (χ2v) is 11.6. The van der Waals surface area contributed by atoms with Gasteiger partial charge in [0.15, 0.2) is 0 Å². The minimum atomic E-state index is 0.125. The summed E-state index contributed by atoms with van der Waals surface area (Å²) in [6, 6.07) is 15.2. The fourth-order valence-corrected chi connectivity index (χ4v) is 1.42. The Morgan fingerprint density at radius 3 is 2.32 bits per heavy atom. The zero-order valence-corrected chi connectivity index (χ0v) is 15.1. The topological polar surface area (TPSA) is 32.6 Å². The average molecular weight is 419 g/mol. The Bertz CT molecular complexity index is 532. The van der Waals surface area contributed by atoms with E-state index in [0.29, 0.717) is 0 Å². The van der Waals surface area contributed by atoms with Gasteiger partial charge >= 0.3 is 41.3 Å². The van der Waals surface area contributed by atoms with Crippen molar-refractivity contribution in [2.45, 2.75) is 6.92 Å². The number of phenolic OH excluding ortho intramolecular Hbond substituents is 1. The molecule has 0 unspecified atom stereocenters. The Hall–Kier alpha value is -0.416. The van der Waals surface area contributed by atoms with Gasteiger partial charge in [0.05, 0.1) is 5.69 Å². The number of halogens is 2. The van der Waals surface area contributed by atoms with Gasteiger partial charge in [-0.1, -0.05) is 24.3 Å². The number of aromatic hydroxyl groups is 1. The van der Waals surface area contributed by atoms with E-state index < -0.39 is 0 Å². The first-order chi connectivity index (χ1) is 9.17. The van der Waals surface area contributed by atoms with E-state index in [2.05, 4.69) is 31.3 Å². The molecule has 2 nitrogen and oxygen atoms in total. The molecule has 0 aromatic heterocycles. The summed E-state index contributed by atoms with van der Waals surface area (Å²) in [6.45, 7) is 1.94. The van der Waals surface area contributed by atoms with Crippen molar-refractivity contribution in [1.29, 1.82) is 0 Å². The van der Waals surface area contributed by atoms with Gasteiger partial charge < -0.3 is 5.11 Å². The summed E-state index contributed by atoms with van der Waals surface area (Å²) >= 11 is 6.50. The molecule has 0 aliphatic carbocycles. The van der Waals surface area contributed by atoms with Crippen molar-refractivity contribution < 1.29 is 20.1 Å². The fourth-order valence-electron chi connectivity index (χ4n) is 1.42. The third-order valence-electron chi connectivity index (χ3n) is 2.29. The van der Waals surface area contributed by atoms with Crippen LogP contribution in [0.25, 0.3) is 0 Å². The van der Waals surface area contributed by atoms with Gasteiger partial charge in [-0.3, -0.25) is 4.99 Å². The van der Waals surface area contributed by atoms with E-state index in [1.807, 2.05) is 49.4 Å². The van der Waals surface area contributed by atoms with Crippen LogP contribution in [0.2, 0.25) is 0 Å². The third kappa shape index (κ3) is 6.52. The van der Waals surface area contributed by atoms with Gasteiger partial charge in [0.2, 0.25) is 0 Å². The van der Waals surface area contributed by atoms with Crippen molar-refractivity contribution >= 4 is 38.2 Å². The van der Waals surface area contributed by atoms with Crippen molar-refractivity contribution in [1.82, 2.24) is 0 Å². The van der Waals surface area contributed by atoms with Crippen LogP contribution in [0.4, 0.5) is 5.69 Å². The second-order valence-electron chi connectivity index (χ2n) is 3.73. The van der Waals surface area contributed by atoms with E-state index in [4.69, 9.17) is 0 Å². The number of nitrogens with zero attached hydrogens (tertiary/aromatic N) is 1. The molecule has 0 aliphatic heterocycles. The quantitative estimate of drug-likeness (QED) is 0.531. The minimum absolute atomic E-state index is 0.125. The maximum atomic E-state index is 9.68. The van der Waals surface area contributed by atoms with Gasteiger partial charge in [-0.05, 0) is 36.8 Å². The number of phenols is 1. The van der Waals surface area contributed by atoms with Gasteiger partial charge in [-0.2, -0.15) is 0 Å². The van der Waals surface area contributed by atoms with Crippen molar-refractivity contribution in [2.24, 2.45) is 4.99 Å². The molecule has 2 aromatic rings. The molecule has 0 aliphatic rings. The Morgan fingerprint density at radius 2 is 1.74 bits per heavy atom. The summed E-state index contributed by atoms with van der Waals surface area (Å²) in [7, 11) is 0. The normalized spacial score (nSPS) is 9.84. The van der Waals surface area contributed by atoms with E-state index in [-0.39, 0.29) is 20.7 Å². The molecule has 0 atom stereocenters. The summed E-state index contributed by atoms with van der Waals surface area (Å²) in [6.07, 6.45) is 1.67. The summed E-state index contributed by atoms with van der Waals surface area (Å²) in [5.74, 6) is 0.264. The van der Waals surface area contributed by atoms with Gasteiger partial charge in [-0.15, -0.1) is 0 Å². The molecule has 2 aromatic carbocycles. The molecular formula is C14H13Br2NOTi. The molecule has 2 rings (SSSR count). The molecule has 0 spiro atoms. The van der Waals surface area contributed by atoms with E-state index in [9.17, 15) is 5.11 Å². The van der Waals surface area contributed by atoms with E-state index >= 15 is 0 Å². The van der Waals surface area contributed by atoms with Gasteiger partial charge in [0.1, 0.15) is 5.75 Å². The van der Waals surface area contributed by atoms with Crippen LogP contribution in [-0.4, -0.2) is 11.3 Å². The van der Waals surface area contributed by atoms with Gasteiger partial charge in [0, 0.05) is 11.8 Å². The molecule has 0 radical (unpaired) electrons. The average Bonchev–Trinajstić information content (AvgIpc) is 2.40. The van der Waals surface area contributed by atoms with E-state index in [1.54, 1.807) is 12.3 Å². The first-order valence-electron chi connectivity index (χ1n) is 5.52. The van der Waals surface area contributed by atoms with Crippen molar-refractivity contribution in [3.05, 3.63) is 59.7 Å². The van der Waals surface area contributed by atoms with Crippen LogP contribution in [0.1, 0.15) is 11.1 Å². The van der Waals surface area contributed by atoms with Crippen LogP contribution >= 0.6 is 26.3 Å². The van der Waals surface area contributed by atoms with Crippen LogP contribution in [-0.2, 0) is 15.0 Å². The number of hydrogen-bond acceptors (Lipinski definition) is 2.